The van der Waals surface area contributed by atoms with Gasteiger partial charge in [0.25, 0.3) is 0 Å². The highest BCUT2D eigenvalue weighted by atomic mass is 16.2. The number of nitrogens with zero attached hydrogens (tertiary/aromatic N) is 2. The van der Waals surface area contributed by atoms with Crippen LogP contribution in [0.25, 0.3) is 0 Å². The van der Waals surface area contributed by atoms with Crippen molar-refractivity contribution in [3.8, 4) is 0 Å². The molecule has 2 atom stereocenters. The Labute approximate surface area is 123 Å². The first-order valence-electron chi connectivity index (χ1n) is 8.32. The quantitative estimate of drug-likeness (QED) is 0.806. The lowest BCUT2D eigenvalue weighted by atomic mass is 9.94. The Bertz CT molecular complexity index is 313. The Kier molecular flexibility index (Phi) is 5.85. The van der Waals surface area contributed by atoms with Crippen LogP contribution in [0.15, 0.2) is 0 Å². The Morgan fingerprint density at radius 2 is 1.95 bits per heavy atom. The number of hydrogen-bond donors (Lipinski definition) is 1. The topological polar surface area (TPSA) is 49.6 Å². The van der Waals surface area contributed by atoms with Gasteiger partial charge in [0.05, 0.1) is 0 Å². The number of carbonyl (C=O) groups is 1. The number of amides is 1. The molecule has 116 valence electrons. The molecule has 20 heavy (non-hydrogen) atoms. The Hall–Kier alpha value is -0.610. The van der Waals surface area contributed by atoms with E-state index in [9.17, 15) is 4.79 Å². The first-order chi connectivity index (χ1) is 9.60. The van der Waals surface area contributed by atoms with Crippen LogP contribution >= 0.6 is 0 Å². The number of nitrogens with two attached hydrogens (primary N) is 1. The third-order valence-electron chi connectivity index (χ3n) is 4.77. The van der Waals surface area contributed by atoms with Gasteiger partial charge in [-0.1, -0.05) is 13.8 Å². The van der Waals surface area contributed by atoms with Gasteiger partial charge < -0.3 is 10.6 Å². The monoisotopic (exact) mass is 281 g/mol. The van der Waals surface area contributed by atoms with Gasteiger partial charge >= 0.3 is 0 Å². The van der Waals surface area contributed by atoms with Crippen molar-refractivity contribution in [2.75, 3.05) is 32.7 Å². The van der Waals surface area contributed by atoms with Crippen molar-refractivity contribution in [3.63, 3.8) is 0 Å². The number of carbonyl (C=O) groups excluding carboxylic acids is 1. The van der Waals surface area contributed by atoms with Crippen molar-refractivity contribution < 1.29 is 4.79 Å². The van der Waals surface area contributed by atoms with Gasteiger partial charge in [0.1, 0.15) is 0 Å². The molecule has 2 fully saturated rings. The second-order valence-electron chi connectivity index (χ2n) is 6.96. The second-order valence-corrected chi connectivity index (χ2v) is 6.96. The zero-order chi connectivity index (χ0) is 14.5. The minimum atomic E-state index is 0.322. The van der Waals surface area contributed by atoms with Crippen LogP contribution in [0.1, 0.15) is 46.0 Å². The fraction of sp³-hybridized carbons (Fsp3) is 0.938. The molecule has 0 bridgehead atoms. The van der Waals surface area contributed by atoms with E-state index >= 15 is 0 Å². The zero-order valence-electron chi connectivity index (χ0n) is 13.2. The van der Waals surface area contributed by atoms with Gasteiger partial charge in [0, 0.05) is 25.6 Å². The summed E-state index contributed by atoms with van der Waals surface area (Å²) in [5.74, 6) is 1.29. The van der Waals surface area contributed by atoms with Crippen LogP contribution in [-0.4, -0.2) is 54.5 Å². The fourth-order valence-corrected chi connectivity index (χ4v) is 3.68. The van der Waals surface area contributed by atoms with Crippen molar-refractivity contribution in [1.29, 1.82) is 0 Å². The Morgan fingerprint density at radius 3 is 2.55 bits per heavy atom. The molecule has 0 aromatic heterocycles. The largest absolute Gasteiger partial charge is 0.341 e. The van der Waals surface area contributed by atoms with Crippen LogP contribution < -0.4 is 5.73 Å². The van der Waals surface area contributed by atoms with E-state index in [4.69, 9.17) is 5.73 Å². The van der Waals surface area contributed by atoms with Crippen LogP contribution in [0.4, 0.5) is 0 Å². The normalized spacial score (nSPS) is 25.6. The molecule has 2 aliphatic rings. The molecule has 0 aromatic carbocycles. The third kappa shape index (κ3) is 4.19. The minimum Gasteiger partial charge on any atom is -0.341 e. The van der Waals surface area contributed by atoms with Crippen molar-refractivity contribution in [3.05, 3.63) is 0 Å². The molecule has 2 N–H and O–H groups in total. The number of likely N-dealkylation sites (tertiary alicyclic amines) is 2. The maximum Gasteiger partial charge on any atom is 0.222 e. The first kappa shape index (κ1) is 15.8. The molecule has 4 nitrogen and oxygen atoms in total. The van der Waals surface area contributed by atoms with Crippen LogP contribution in [0.5, 0.6) is 0 Å². The average molecular weight is 281 g/mol. The smallest absolute Gasteiger partial charge is 0.222 e. The molecular weight excluding hydrogens is 250 g/mol. The predicted octanol–water partition coefficient (Wildman–Crippen LogP) is 1.69. The molecule has 2 rings (SSSR count). The lowest BCUT2D eigenvalue weighted by molar-refractivity contribution is -0.131. The minimum absolute atomic E-state index is 0.322. The summed E-state index contributed by atoms with van der Waals surface area (Å²) < 4.78 is 0. The maximum atomic E-state index is 12.4. The second kappa shape index (κ2) is 7.41. The summed E-state index contributed by atoms with van der Waals surface area (Å²) in [6.07, 6.45) is 5.51. The summed E-state index contributed by atoms with van der Waals surface area (Å²) in [5, 5.41) is 0. The van der Waals surface area contributed by atoms with E-state index in [-0.39, 0.29) is 0 Å². The van der Waals surface area contributed by atoms with Crippen molar-refractivity contribution in [2.45, 2.75) is 52.0 Å². The zero-order valence-corrected chi connectivity index (χ0v) is 13.2. The number of rotatable bonds is 6. The van der Waals surface area contributed by atoms with E-state index in [1.807, 2.05) is 0 Å². The molecule has 2 aliphatic heterocycles. The molecule has 2 unspecified atom stereocenters. The molecule has 0 radical (unpaired) electrons. The van der Waals surface area contributed by atoms with Gasteiger partial charge in [-0.25, -0.2) is 0 Å². The fourth-order valence-electron chi connectivity index (χ4n) is 3.68. The highest BCUT2D eigenvalue weighted by molar-refractivity contribution is 5.76. The van der Waals surface area contributed by atoms with Gasteiger partial charge in [0.2, 0.25) is 5.91 Å². The van der Waals surface area contributed by atoms with Crippen LogP contribution in [0, 0.1) is 11.8 Å². The highest BCUT2D eigenvalue weighted by Gasteiger charge is 2.32. The molecule has 2 saturated heterocycles. The van der Waals surface area contributed by atoms with Gasteiger partial charge in [-0.15, -0.1) is 0 Å². The van der Waals surface area contributed by atoms with E-state index < -0.39 is 0 Å². The predicted molar refractivity (Wildman–Crippen MR) is 82.4 cm³/mol. The van der Waals surface area contributed by atoms with E-state index in [0.717, 1.165) is 25.9 Å². The molecule has 0 saturated carbocycles. The molecular formula is C16H31N3O. The maximum absolute atomic E-state index is 12.4. The van der Waals surface area contributed by atoms with Crippen LogP contribution in [0.3, 0.4) is 0 Å². The van der Waals surface area contributed by atoms with Gasteiger partial charge in [-0.2, -0.15) is 0 Å². The average Bonchev–Trinajstić information content (AvgIpc) is 3.07. The molecule has 0 aromatic rings. The third-order valence-corrected chi connectivity index (χ3v) is 4.77. The van der Waals surface area contributed by atoms with Gasteiger partial charge in [0.15, 0.2) is 0 Å². The lowest BCUT2D eigenvalue weighted by Gasteiger charge is -2.25. The van der Waals surface area contributed by atoms with E-state index in [1.165, 1.54) is 25.9 Å². The highest BCUT2D eigenvalue weighted by Crippen LogP contribution is 2.22. The molecule has 2 heterocycles. The number of hydrogen-bond acceptors (Lipinski definition) is 3. The standard InChI is InChI=1S/C16H31N3O/c1-13(2)9-14(11-17)10-16(20)19-8-5-15(12-19)18-6-3-4-7-18/h13-15H,3-12,17H2,1-2H3. The lowest BCUT2D eigenvalue weighted by Crippen LogP contribution is -2.38. The molecule has 0 spiro atoms. The van der Waals surface area contributed by atoms with Gasteiger partial charge in [-0.05, 0) is 57.2 Å². The summed E-state index contributed by atoms with van der Waals surface area (Å²) in [5.41, 5.74) is 5.82. The summed E-state index contributed by atoms with van der Waals surface area (Å²) in [6, 6.07) is 0.614. The van der Waals surface area contributed by atoms with E-state index in [2.05, 4.69) is 23.6 Å². The molecule has 4 heteroatoms. The van der Waals surface area contributed by atoms with E-state index in [0.29, 0.717) is 36.8 Å². The van der Waals surface area contributed by atoms with Crippen LogP contribution in [-0.2, 0) is 4.79 Å². The summed E-state index contributed by atoms with van der Waals surface area (Å²) in [6.45, 7) is 9.37. The van der Waals surface area contributed by atoms with Crippen molar-refractivity contribution in [2.24, 2.45) is 17.6 Å². The van der Waals surface area contributed by atoms with Crippen molar-refractivity contribution in [1.82, 2.24) is 9.80 Å². The summed E-state index contributed by atoms with van der Waals surface area (Å²) >= 11 is 0. The van der Waals surface area contributed by atoms with Crippen LogP contribution in [0.2, 0.25) is 0 Å². The summed E-state index contributed by atoms with van der Waals surface area (Å²) in [7, 11) is 0. The van der Waals surface area contributed by atoms with Crippen molar-refractivity contribution >= 4 is 5.91 Å². The Balaban J connectivity index is 1.78. The first-order valence-corrected chi connectivity index (χ1v) is 8.32. The van der Waals surface area contributed by atoms with E-state index in [1.54, 1.807) is 0 Å². The Morgan fingerprint density at radius 1 is 1.25 bits per heavy atom. The molecule has 1 amide bonds. The SMILES string of the molecule is CC(C)CC(CN)CC(=O)N1CCC(N2CCCC2)C1. The summed E-state index contributed by atoms with van der Waals surface area (Å²) in [4.78, 5) is 17.1. The van der Waals surface area contributed by atoms with Gasteiger partial charge in [-0.3, -0.25) is 9.69 Å². The molecule has 0 aliphatic carbocycles.